The molecule has 1 aromatic carbocycles. The quantitative estimate of drug-likeness (QED) is 0.739. The predicted octanol–water partition coefficient (Wildman–Crippen LogP) is 3.22. The molecular formula is C13H19ClN2. The van der Waals surface area contributed by atoms with Gasteiger partial charge in [0.25, 0.3) is 0 Å². The summed E-state index contributed by atoms with van der Waals surface area (Å²) in [6.45, 7) is 2.08. The molecule has 1 saturated carbocycles. The Morgan fingerprint density at radius 1 is 1.19 bits per heavy atom. The van der Waals surface area contributed by atoms with Crippen LogP contribution in [-0.4, -0.2) is 6.04 Å². The van der Waals surface area contributed by atoms with E-state index in [1.165, 1.54) is 11.1 Å². The van der Waals surface area contributed by atoms with Crippen molar-refractivity contribution >= 4 is 17.3 Å². The van der Waals surface area contributed by atoms with Crippen LogP contribution in [-0.2, 0) is 0 Å². The lowest BCUT2D eigenvalue weighted by Gasteiger charge is -2.28. The maximum Gasteiger partial charge on any atom is 0.0429 e. The van der Waals surface area contributed by atoms with Crippen LogP contribution in [0.2, 0.25) is 5.02 Å². The molecule has 1 aromatic rings. The predicted molar refractivity (Wildman–Crippen MR) is 69.8 cm³/mol. The number of nitrogen functional groups attached to an aromatic ring is 1. The van der Waals surface area contributed by atoms with E-state index >= 15 is 0 Å². The van der Waals surface area contributed by atoms with E-state index in [0.29, 0.717) is 12.0 Å². The van der Waals surface area contributed by atoms with Crippen molar-refractivity contribution < 1.29 is 0 Å². The second kappa shape index (κ2) is 4.64. The molecule has 0 atom stereocenters. The van der Waals surface area contributed by atoms with Gasteiger partial charge in [-0.25, -0.2) is 0 Å². The molecule has 3 heteroatoms. The van der Waals surface area contributed by atoms with Crippen LogP contribution in [0.4, 0.5) is 5.69 Å². The van der Waals surface area contributed by atoms with Crippen molar-refractivity contribution in [3.05, 3.63) is 28.3 Å². The maximum absolute atomic E-state index is 6.07. The molecule has 1 aliphatic rings. The summed E-state index contributed by atoms with van der Waals surface area (Å²) in [6, 6.07) is 4.28. The zero-order valence-electron chi connectivity index (χ0n) is 9.67. The highest BCUT2D eigenvalue weighted by atomic mass is 35.5. The number of benzene rings is 1. The minimum absolute atomic E-state index is 0.382. The van der Waals surface area contributed by atoms with Gasteiger partial charge in [0, 0.05) is 16.8 Å². The summed E-state index contributed by atoms with van der Waals surface area (Å²) in [6.07, 6.45) is 4.52. The number of anilines is 1. The highest BCUT2D eigenvalue weighted by Crippen LogP contribution is 2.36. The Hall–Kier alpha value is -0.730. The monoisotopic (exact) mass is 238 g/mol. The normalized spacial score (nSPS) is 25.7. The zero-order chi connectivity index (χ0) is 11.7. The molecule has 0 saturated heterocycles. The van der Waals surface area contributed by atoms with Gasteiger partial charge in [0.05, 0.1) is 0 Å². The van der Waals surface area contributed by atoms with E-state index in [2.05, 4.69) is 13.0 Å². The van der Waals surface area contributed by atoms with Crippen molar-refractivity contribution in [1.29, 1.82) is 0 Å². The third-order valence-electron chi connectivity index (χ3n) is 3.66. The average molecular weight is 239 g/mol. The molecular weight excluding hydrogens is 220 g/mol. The van der Waals surface area contributed by atoms with Gasteiger partial charge in [0.15, 0.2) is 0 Å². The first-order chi connectivity index (χ1) is 7.58. The number of halogens is 1. The molecule has 1 fully saturated rings. The minimum atomic E-state index is 0.382. The Morgan fingerprint density at radius 3 is 2.44 bits per heavy atom. The molecule has 1 aliphatic carbocycles. The molecule has 0 radical (unpaired) electrons. The highest BCUT2D eigenvalue weighted by molar-refractivity contribution is 6.31. The lowest BCUT2D eigenvalue weighted by molar-refractivity contribution is 0.395. The second-order valence-electron chi connectivity index (χ2n) is 4.82. The molecule has 0 aromatic heterocycles. The van der Waals surface area contributed by atoms with Crippen LogP contribution in [0.1, 0.15) is 42.7 Å². The largest absolute Gasteiger partial charge is 0.398 e. The number of rotatable bonds is 1. The molecule has 0 bridgehead atoms. The minimum Gasteiger partial charge on any atom is -0.398 e. The van der Waals surface area contributed by atoms with Gasteiger partial charge < -0.3 is 11.5 Å². The summed E-state index contributed by atoms with van der Waals surface area (Å²) in [5.41, 5.74) is 15.2. The van der Waals surface area contributed by atoms with Crippen LogP contribution >= 0.6 is 11.6 Å². The third-order valence-corrected chi connectivity index (χ3v) is 3.88. The number of hydrogen-bond acceptors (Lipinski definition) is 2. The van der Waals surface area contributed by atoms with Crippen LogP contribution in [0.5, 0.6) is 0 Å². The topological polar surface area (TPSA) is 52.0 Å². The van der Waals surface area contributed by atoms with E-state index in [1.54, 1.807) is 0 Å². The Bertz CT molecular complexity index is 382. The first-order valence-electron chi connectivity index (χ1n) is 5.89. The second-order valence-corrected chi connectivity index (χ2v) is 5.26. The number of nitrogens with two attached hydrogens (primary N) is 2. The van der Waals surface area contributed by atoms with Gasteiger partial charge >= 0.3 is 0 Å². The Labute approximate surface area is 102 Å². The van der Waals surface area contributed by atoms with E-state index < -0.39 is 0 Å². The zero-order valence-corrected chi connectivity index (χ0v) is 10.4. The van der Waals surface area contributed by atoms with Gasteiger partial charge in [0.2, 0.25) is 0 Å². The summed E-state index contributed by atoms with van der Waals surface area (Å²) in [5.74, 6) is 0.584. The standard InChI is InChI=1S/C13H19ClN2/c1-8-12(6-10(14)7-13(8)16)9-2-4-11(15)5-3-9/h6-7,9,11H,2-5,15-16H2,1H3. The van der Waals surface area contributed by atoms with Crippen LogP contribution in [0.25, 0.3) is 0 Å². The summed E-state index contributed by atoms with van der Waals surface area (Å²) in [4.78, 5) is 0. The summed E-state index contributed by atoms with van der Waals surface area (Å²) < 4.78 is 0. The lowest BCUT2D eigenvalue weighted by Crippen LogP contribution is -2.26. The van der Waals surface area contributed by atoms with Gasteiger partial charge in [-0.3, -0.25) is 0 Å². The Balaban J connectivity index is 2.26. The summed E-state index contributed by atoms with van der Waals surface area (Å²) in [7, 11) is 0. The van der Waals surface area contributed by atoms with E-state index in [4.69, 9.17) is 23.1 Å². The average Bonchev–Trinajstić information content (AvgIpc) is 2.25. The van der Waals surface area contributed by atoms with Gasteiger partial charge in [-0.05, 0) is 61.8 Å². The van der Waals surface area contributed by atoms with Crippen molar-refractivity contribution in [2.45, 2.75) is 44.6 Å². The molecule has 2 rings (SSSR count). The summed E-state index contributed by atoms with van der Waals surface area (Å²) in [5, 5.41) is 0.743. The highest BCUT2D eigenvalue weighted by Gasteiger charge is 2.22. The third kappa shape index (κ3) is 2.33. The van der Waals surface area contributed by atoms with E-state index in [0.717, 1.165) is 36.4 Å². The van der Waals surface area contributed by atoms with Crippen LogP contribution < -0.4 is 11.5 Å². The first-order valence-corrected chi connectivity index (χ1v) is 6.27. The molecule has 0 amide bonds. The Kier molecular flexibility index (Phi) is 3.41. The van der Waals surface area contributed by atoms with Crippen molar-refractivity contribution in [3.8, 4) is 0 Å². The molecule has 0 heterocycles. The van der Waals surface area contributed by atoms with E-state index in [9.17, 15) is 0 Å². The fraction of sp³-hybridized carbons (Fsp3) is 0.538. The molecule has 0 unspecified atom stereocenters. The molecule has 0 aliphatic heterocycles. The molecule has 4 N–H and O–H groups in total. The molecule has 2 nitrogen and oxygen atoms in total. The van der Waals surface area contributed by atoms with Gasteiger partial charge in [0.1, 0.15) is 0 Å². The SMILES string of the molecule is Cc1c(N)cc(Cl)cc1C1CCC(N)CC1. The van der Waals surface area contributed by atoms with Gasteiger partial charge in [-0.15, -0.1) is 0 Å². The lowest BCUT2D eigenvalue weighted by atomic mass is 9.80. The summed E-state index contributed by atoms with van der Waals surface area (Å²) >= 11 is 6.07. The Morgan fingerprint density at radius 2 is 1.81 bits per heavy atom. The maximum atomic E-state index is 6.07. The molecule has 88 valence electrons. The van der Waals surface area contributed by atoms with E-state index in [1.807, 2.05) is 6.07 Å². The smallest absolute Gasteiger partial charge is 0.0429 e. The van der Waals surface area contributed by atoms with Crippen LogP contribution in [0, 0.1) is 6.92 Å². The van der Waals surface area contributed by atoms with Crippen molar-refractivity contribution in [3.63, 3.8) is 0 Å². The van der Waals surface area contributed by atoms with Gasteiger partial charge in [-0.1, -0.05) is 11.6 Å². The fourth-order valence-corrected chi connectivity index (χ4v) is 2.81. The molecule has 0 spiro atoms. The van der Waals surface area contributed by atoms with Crippen molar-refractivity contribution in [1.82, 2.24) is 0 Å². The number of hydrogen-bond donors (Lipinski definition) is 2. The van der Waals surface area contributed by atoms with Crippen LogP contribution in [0.15, 0.2) is 12.1 Å². The molecule has 16 heavy (non-hydrogen) atoms. The van der Waals surface area contributed by atoms with Crippen LogP contribution in [0.3, 0.4) is 0 Å². The van der Waals surface area contributed by atoms with Crippen molar-refractivity contribution in [2.24, 2.45) is 5.73 Å². The first kappa shape index (κ1) is 11.7. The van der Waals surface area contributed by atoms with Crippen molar-refractivity contribution in [2.75, 3.05) is 5.73 Å². The van der Waals surface area contributed by atoms with E-state index in [-0.39, 0.29) is 0 Å². The fourth-order valence-electron chi connectivity index (χ4n) is 2.58. The van der Waals surface area contributed by atoms with Gasteiger partial charge in [-0.2, -0.15) is 0 Å².